The van der Waals surface area contributed by atoms with Gasteiger partial charge in [-0.3, -0.25) is 0 Å². The zero-order chi connectivity index (χ0) is 17.5. The molecule has 1 aromatic carbocycles. The first-order valence-electron chi connectivity index (χ1n) is 8.94. The Hall–Kier alpha value is -1.51. The molecule has 2 aliphatic rings. The van der Waals surface area contributed by atoms with Crippen LogP contribution in [0.2, 0.25) is 18.1 Å². The summed E-state index contributed by atoms with van der Waals surface area (Å²) in [4.78, 5) is 2.47. The van der Waals surface area contributed by atoms with E-state index in [-0.39, 0.29) is 5.04 Å². The molecule has 24 heavy (non-hydrogen) atoms. The minimum atomic E-state index is -1.68. The third-order valence-electron chi connectivity index (χ3n) is 5.88. The van der Waals surface area contributed by atoms with Gasteiger partial charge in [-0.2, -0.15) is 5.26 Å². The van der Waals surface area contributed by atoms with Crippen LogP contribution in [-0.4, -0.2) is 33.6 Å². The van der Waals surface area contributed by atoms with Crippen molar-refractivity contribution in [2.75, 3.05) is 23.3 Å². The molecule has 0 unspecified atom stereocenters. The molecule has 0 saturated heterocycles. The lowest BCUT2D eigenvalue weighted by Crippen LogP contribution is -2.55. The van der Waals surface area contributed by atoms with E-state index in [4.69, 9.17) is 4.43 Å². The van der Waals surface area contributed by atoms with E-state index in [1.165, 1.54) is 5.69 Å². The summed E-state index contributed by atoms with van der Waals surface area (Å²) in [5, 5.41) is 12.9. The van der Waals surface area contributed by atoms with Crippen LogP contribution in [0.4, 0.5) is 11.4 Å². The fourth-order valence-corrected chi connectivity index (χ4v) is 4.66. The van der Waals surface area contributed by atoms with Crippen molar-refractivity contribution in [2.24, 2.45) is 0 Å². The Labute approximate surface area is 146 Å². The highest BCUT2D eigenvalue weighted by Crippen LogP contribution is 2.42. The SMILES string of the molecule is CC(C)(C)[Si](C)(C)O[C@H]1C[C@H](N2CCNc3ccc(C#N)cc32)C1. The van der Waals surface area contributed by atoms with Gasteiger partial charge in [0, 0.05) is 25.2 Å². The van der Waals surface area contributed by atoms with Gasteiger partial charge in [-0.05, 0) is 49.2 Å². The van der Waals surface area contributed by atoms with E-state index in [1.54, 1.807) is 0 Å². The maximum atomic E-state index is 9.18. The highest BCUT2D eigenvalue weighted by molar-refractivity contribution is 6.74. The van der Waals surface area contributed by atoms with Crippen LogP contribution >= 0.6 is 0 Å². The van der Waals surface area contributed by atoms with Crippen molar-refractivity contribution in [3.63, 3.8) is 0 Å². The summed E-state index contributed by atoms with van der Waals surface area (Å²) >= 11 is 0. The number of anilines is 2. The van der Waals surface area contributed by atoms with Gasteiger partial charge in [-0.25, -0.2) is 0 Å². The number of benzene rings is 1. The van der Waals surface area contributed by atoms with Gasteiger partial charge in [0.05, 0.1) is 23.0 Å². The van der Waals surface area contributed by atoms with Crippen molar-refractivity contribution in [2.45, 2.75) is 63.9 Å². The predicted molar refractivity (Wildman–Crippen MR) is 102 cm³/mol. The maximum Gasteiger partial charge on any atom is 0.192 e. The number of nitrogens with one attached hydrogen (secondary N) is 1. The van der Waals surface area contributed by atoms with E-state index in [0.29, 0.717) is 12.1 Å². The van der Waals surface area contributed by atoms with Crippen LogP contribution in [-0.2, 0) is 4.43 Å². The maximum absolute atomic E-state index is 9.18. The third-order valence-corrected chi connectivity index (χ3v) is 10.4. The molecule has 0 aromatic heterocycles. The van der Waals surface area contributed by atoms with E-state index in [0.717, 1.165) is 37.2 Å². The summed E-state index contributed by atoms with van der Waals surface area (Å²) in [5.74, 6) is 0. The molecule has 1 N–H and O–H groups in total. The zero-order valence-electron chi connectivity index (χ0n) is 15.5. The van der Waals surface area contributed by atoms with Gasteiger partial charge in [0.2, 0.25) is 0 Å². The second-order valence-electron chi connectivity index (χ2n) is 8.59. The van der Waals surface area contributed by atoms with Crippen molar-refractivity contribution in [3.05, 3.63) is 23.8 Å². The lowest BCUT2D eigenvalue weighted by atomic mass is 9.87. The van der Waals surface area contributed by atoms with Crippen molar-refractivity contribution < 1.29 is 4.43 Å². The number of rotatable bonds is 3. The number of nitriles is 1. The summed E-state index contributed by atoms with van der Waals surface area (Å²) in [6.45, 7) is 13.5. The van der Waals surface area contributed by atoms with Crippen LogP contribution in [0.5, 0.6) is 0 Å². The molecule has 1 heterocycles. The first kappa shape index (κ1) is 17.3. The van der Waals surface area contributed by atoms with Gasteiger partial charge >= 0.3 is 0 Å². The Morgan fingerprint density at radius 3 is 2.62 bits per heavy atom. The largest absolute Gasteiger partial charge is 0.414 e. The Bertz CT molecular complexity index is 654. The van der Waals surface area contributed by atoms with Crippen LogP contribution < -0.4 is 10.2 Å². The molecular weight excluding hydrogens is 314 g/mol. The van der Waals surface area contributed by atoms with Crippen molar-refractivity contribution >= 4 is 19.7 Å². The molecule has 3 rings (SSSR count). The first-order valence-corrected chi connectivity index (χ1v) is 11.8. The molecule has 1 aliphatic heterocycles. The average Bonchev–Trinajstić information content (AvgIpc) is 2.48. The third kappa shape index (κ3) is 3.18. The van der Waals surface area contributed by atoms with Gasteiger partial charge in [0.15, 0.2) is 8.32 Å². The van der Waals surface area contributed by atoms with E-state index >= 15 is 0 Å². The van der Waals surface area contributed by atoms with E-state index in [2.05, 4.69) is 50.2 Å². The Morgan fingerprint density at radius 2 is 2.00 bits per heavy atom. The monoisotopic (exact) mass is 343 g/mol. The molecule has 1 saturated carbocycles. The molecule has 0 bridgehead atoms. The van der Waals surface area contributed by atoms with Crippen LogP contribution in [0.25, 0.3) is 0 Å². The molecule has 0 radical (unpaired) electrons. The molecule has 1 aromatic rings. The van der Waals surface area contributed by atoms with E-state index in [9.17, 15) is 5.26 Å². The quantitative estimate of drug-likeness (QED) is 0.829. The number of fused-ring (bicyclic) bond motifs is 1. The van der Waals surface area contributed by atoms with Crippen LogP contribution in [0.15, 0.2) is 18.2 Å². The Balaban J connectivity index is 1.67. The standard InChI is InChI=1S/C19H29N3OSi/c1-19(2,3)24(4,5)23-16-11-15(12-16)22-9-8-21-17-7-6-14(13-20)10-18(17)22/h6-7,10,15-16,21H,8-9,11-12H2,1-5H3/t15-,16-. The number of hydrogen-bond acceptors (Lipinski definition) is 4. The fraction of sp³-hybridized carbons (Fsp3) is 0.632. The summed E-state index contributed by atoms with van der Waals surface area (Å²) in [7, 11) is -1.68. The van der Waals surface area contributed by atoms with E-state index < -0.39 is 8.32 Å². The lowest BCUT2D eigenvalue weighted by Gasteiger charge is -2.49. The van der Waals surface area contributed by atoms with Crippen LogP contribution in [0.3, 0.4) is 0 Å². The molecule has 0 amide bonds. The van der Waals surface area contributed by atoms with Crippen molar-refractivity contribution in [1.29, 1.82) is 5.26 Å². The van der Waals surface area contributed by atoms with Crippen molar-refractivity contribution in [1.82, 2.24) is 0 Å². The summed E-state index contributed by atoms with van der Waals surface area (Å²) in [6, 6.07) is 8.73. The smallest absolute Gasteiger partial charge is 0.192 e. The van der Waals surface area contributed by atoms with Gasteiger partial charge in [-0.15, -0.1) is 0 Å². The molecule has 0 spiro atoms. The zero-order valence-corrected chi connectivity index (χ0v) is 16.5. The molecule has 4 nitrogen and oxygen atoms in total. The minimum Gasteiger partial charge on any atom is -0.414 e. The summed E-state index contributed by atoms with van der Waals surface area (Å²) in [5.41, 5.74) is 3.06. The second-order valence-corrected chi connectivity index (χ2v) is 13.3. The average molecular weight is 344 g/mol. The normalized spacial score (nSPS) is 23.8. The molecule has 0 atom stereocenters. The predicted octanol–water partition coefficient (Wildman–Crippen LogP) is 4.34. The molecule has 1 aliphatic carbocycles. The summed E-state index contributed by atoms with van der Waals surface area (Å²) in [6.07, 6.45) is 2.60. The fourth-order valence-electron chi connectivity index (χ4n) is 3.28. The highest BCUT2D eigenvalue weighted by atomic mass is 28.4. The number of nitrogens with zero attached hydrogens (tertiary/aromatic N) is 2. The minimum absolute atomic E-state index is 0.265. The number of hydrogen-bond donors (Lipinski definition) is 1. The second kappa shape index (κ2) is 6.09. The molecule has 130 valence electrons. The van der Waals surface area contributed by atoms with Gasteiger partial charge in [-0.1, -0.05) is 20.8 Å². The van der Waals surface area contributed by atoms with Gasteiger partial charge < -0.3 is 14.6 Å². The molecule has 5 heteroatoms. The van der Waals surface area contributed by atoms with E-state index in [1.807, 2.05) is 18.2 Å². The first-order chi connectivity index (χ1) is 11.2. The van der Waals surface area contributed by atoms with Crippen LogP contribution in [0, 0.1) is 11.3 Å². The Kier molecular flexibility index (Phi) is 4.39. The van der Waals surface area contributed by atoms with Crippen LogP contribution in [0.1, 0.15) is 39.2 Å². The Morgan fingerprint density at radius 1 is 1.29 bits per heavy atom. The highest BCUT2D eigenvalue weighted by Gasteiger charge is 2.44. The van der Waals surface area contributed by atoms with Crippen molar-refractivity contribution in [3.8, 4) is 6.07 Å². The molecular formula is C19H29N3OSi. The molecule has 1 fully saturated rings. The lowest BCUT2D eigenvalue weighted by molar-refractivity contribution is 0.0827. The topological polar surface area (TPSA) is 48.3 Å². The summed E-state index contributed by atoms with van der Waals surface area (Å²) < 4.78 is 6.54. The van der Waals surface area contributed by atoms with Gasteiger partial charge in [0.1, 0.15) is 0 Å². The van der Waals surface area contributed by atoms with Gasteiger partial charge in [0.25, 0.3) is 0 Å².